The highest BCUT2D eigenvalue weighted by Crippen LogP contribution is 2.36. The van der Waals surface area contributed by atoms with Gasteiger partial charge >= 0.3 is 0 Å². The summed E-state index contributed by atoms with van der Waals surface area (Å²) in [6, 6.07) is 34.9. The van der Waals surface area contributed by atoms with Gasteiger partial charge in [0.2, 0.25) is 0 Å². The Bertz CT molecular complexity index is 1060. The summed E-state index contributed by atoms with van der Waals surface area (Å²) in [5, 5.41) is 0. The molecule has 0 unspecified atom stereocenters. The highest BCUT2D eigenvalue weighted by atomic mass is 15.1. The summed E-state index contributed by atoms with van der Waals surface area (Å²) in [5.41, 5.74) is 9.78. The van der Waals surface area contributed by atoms with Crippen LogP contribution >= 0.6 is 0 Å². The van der Waals surface area contributed by atoms with E-state index >= 15 is 0 Å². The van der Waals surface area contributed by atoms with E-state index in [4.69, 9.17) is 0 Å². The molecule has 4 aromatic rings. The molecule has 0 aliphatic rings. The predicted octanol–water partition coefficient (Wildman–Crippen LogP) is 7.75. The van der Waals surface area contributed by atoms with Crippen LogP contribution < -0.4 is 4.90 Å². The van der Waals surface area contributed by atoms with Crippen LogP contribution in [-0.4, -0.2) is 0 Å². The highest BCUT2D eigenvalue weighted by Gasteiger charge is 2.12. The maximum absolute atomic E-state index is 2.31. The maximum Gasteiger partial charge on any atom is 0.0464 e. The van der Waals surface area contributed by atoms with Gasteiger partial charge in [-0.3, -0.25) is 0 Å². The lowest BCUT2D eigenvalue weighted by Crippen LogP contribution is -2.10. The lowest BCUT2D eigenvalue weighted by molar-refractivity contribution is 1.26. The Kier molecular flexibility index (Phi) is 4.99. The van der Waals surface area contributed by atoms with Gasteiger partial charge in [-0.25, -0.2) is 0 Å². The second-order valence-corrected chi connectivity index (χ2v) is 7.42. The van der Waals surface area contributed by atoms with Crippen LogP contribution in [0, 0.1) is 20.8 Å². The molecule has 1 nitrogen and oxygen atoms in total. The predicted molar refractivity (Wildman–Crippen MR) is 121 cm³/mol. The van der Waals surface area contributed by atoms with E-state index in [0.29, 0.717) is 0 Å². The maximum atomic E-state index is 2.31. The molecule has 1 heteroatoms. The molecule has 28 heavy (non-hydrogen) atoms. The van der Waals surface area contributed by atoms with Crippen molar-refractivity contribution in [2.45, 2.75) is 20.8 Å². The van der Waals surface area contributed by atoms with Gasteiger partial charge in [0, 0.05) is 17.1 Å². The van der Waals surface area contributed by atoms with Crippen LogP contribution in [0.4, 0.5) is 17.1 Å². The van der Waals surface area contributed by atoms with E-state index in [-0.39, 0.29) is 0 Å². The zero-order valence-electron chi connectivity index (χ0n) is 16.7. The quantitative estimate of drug-likeness (QED) is 0.358. The van der Waals surface area contributed by atoms with E-state index in [9.17, 15) is 0 Å². The van der Waals surface area contributed by atoms with Gasteiger partial charge in [-0.15, -0.1) is 0 Å². The van der Waals surface area contributed by atoms with Gasteiger partial charge in [-0.05, 0) is 73.9 Å². The molecule has 0 fully saturated rings. The van der Waals surface area contributed by atoms with Gasteiger partial charge in [0.05, 0.1) is 0 Å². The molecular weight excluding hydrogens is 338 g/mol. The number of hydrogen-bond donors (Lipinski definition) is 0. The minimum absolute atomic E-state index is 1.16. The van der Waals surface area contributed by atoms with Crippen molar-refractivity contribution in [2.75, 3.05) is 4.90 Å². The van der Waals surface area contributed by atoms with Crippen LogP contribution in [0.5, 0.6) is 0 Å². The van der Waals surface area contributed by atoms with Crippen molar-refractivity contribution in [3.63, 3.8) is 0 Å². The zero-order chi connectivity index (χ0) is 19.5. The van der Waals surface area contributed by atoms with Gasteiger partial charge in [0.25, 0.3) is 0 Å². The average molecular weight is 364 g/mol. The fourth-order valence-corrected chi connectivity index (χ4v) is 3.46. The summed E-state index contributed by atoms with van der Waals surface area (Å²) < 4.78 is 0. The van der Waals surface area contributed by atoms with Crippen molar-refractivity contribution in [2.24, 2.45) is 0 Å². The molecule has 0 aliphatic carbocycles. The monoisotopic (exact) mass is 363 g/mol. The van der Waals surface area contributed by atoms with Crippen LogP contribution in [0.15, 0.2) is 97.1 Å². The molecule has 0 aliphatic heterocycles. The first kappa shape index (κ1) is 18.1. The van der Waals surface area contributed by atoms with E-state index in [2.05, 4.69) is 123 Å². The normalized spacial score (nSPS) is 10.7. The second-order valence-electron chi connectivity index (χ2n) is 7.42. The van der Waals surface area contributed by atoms with Crippen LogP contribution in [0.1, 0.15) is 16.7 Å². The van der Waals surface area contributed by atoms with Crippen molar-refractivity contribution in [3.8, 4) is 11.1 Å². The molecule has 0 radical (unpaired) electrons. The Balaban J connectivity index is 1.76. The van der Waals surface area contributed by atoms with Crippen LogP contribution in [0.25, 0.3) is 11.1 Å². The van der Waals surface area contributed by atoms with Crippen LogP contribution in [0.2, 0.25) is 0 Å². The minimum atomic E-state index is 1.16. The summed E-state index contributed by atoms with van der Waals surface area (Å²) in [6.07, 6.45) is 0. The van der Waals surface area contributed by atoms with Crippen molar-refractivity contribution in [3.05, 3.63) is 114 Å². The summed E-state index contributed by atoms with van der Waals surface area (Å²) >= 11 is 0. The number of aryl methyl sites for hydroxylation is 3. The topological polar surface area (TPSA) is 3.24 Å². The largest absolute Gasteiger partial charge is 0.310 e. The number of benzene rings is 4. The summed E-state index contributed by atoms with van der Waals surface area (Å²) in [7, 11) is 0. The molecule has 0 saturated carbocycles. The molecule has 4 rings (SSSR count). The fraction of sp³-hybridized carbons (Fsp3) is 0.111. The minimum Gasteiger partial charge on any atom is -0.310 e. The van der Waals surface area contributed by atoms with E-state index in [1.807, 2.05) is 0 Å². The Morgan fingerprint density at radius 3 is 1.43 bits per heavy atom. The van der Waals surface area contributed by atoms with Crippen LogP contribution in [-0.2, 0) is 0 Å². The summed E-state index contributed by atoms with van der Waals surface area (Å²) in [4.78, 5) is 2.31. The summed E-state index contributed by atoms with van der Waals surface area (Å²) in [5.74, 6) is 0. The van der Waals surface area contributed by atoms with Crippen molar-refractivity contribution >= 4 is 17.1 Å². The first-order chi connectivity index (χ1) is 13.6. The van der Waals surface area contributed by atoms with Gasteiger partial charge in [-0.2, -0.15) is 0 Å². The Hall–Kier alpha value is -3.32. The van der Waals surface area contributed by atoms with E-state index in [0.717, 1.165) is 5.69 Å². The first-order valence-electron chi connectivity index (χ1n) is 9.71. The van der Waals surface area contributed by atoms with Crippen molar-refractivity contribution in [1.82, 2.24) is 0 Å². The smallest absolute Gasteiger partial charge is 0.0464 e. The Morgan fingerprint density at radius 1 is 0.429 bits per heavy atom. The number of rotatable bonds is 4. The molecule has 0 amide bonds. The SMILES string of the molecule is Cc1ccc(-c2ccc(N(c3ccc(C)cc3)c3cccc(C)c3)cc2)cc1. The Labute approximate surface area is 167 Å². The molecule has 0 heterocycles. The lowest BCUT2D eigenvalue weighted by atomic mass is 10.0. The molecule has 0 atom stereocenters. The molecular formula is C27H25N. The highest BCUT2D eigenvalue weighted by molar-refractivity contribution is 5.78. The van der Waals surface area contributed by atoms with Crippen molar-refractivity contribution in [1.29, 1.82) is 0 Å². The second kappa shape index (κ2) is 7.74. The average Bonchev–Trinajstić information content (AvgIpc) is 2.71. The van der Waals surface area contributed by atoms with Crippen LogP contribution in [0.3, 0.4) is 0 Å². The summed E-state index contributed by atoms with van der Waals surface area (Å²) in [6.45, 7) is 6.38. The van der Waals surface area contributed by atoms with Crippen molar-refractivity contribution < 1.29 is 0 Å². The van der Waals surface area contributed by atoms with Gasteiger partial charge in [-0.1, -0.05) is 71.8 Å². The lowest BCUT2D eigenvalue weighted by Gasteiger charge is -2.26. The third-order valence-corrected chi connectivity index (χ3v) is 5.06. The number of hydrogen-bond acceptors (Lipinski definition) is 1. The number of anilines is 3. The van der Waals surface area contributed by atoms with E-state index in [1.165, 1.54) is 39.2 Å². The standard InChI is InChI=1S/C27H25N/c1-20-7-11-23(12-8-20)24-13-17-26(18-14-24)28(25-15-9-21(2)10-16-25)27-6-4-5-22(3)19-27/h4-19H,1-3H3. The third-order valence-electron chi connectivity index (χ3n) is 5.06. The Morgan fingerprint density at radius 2 is 0.893 bits per heavy atom. The molecule has 138 valence electrons. The molecule has 0 saturated heterocycles. The van der Waals surface area contributed by atoms with Gasteiger partial charge in [0.15, 0.2) is 0 Å². The molecule has 4 aromatic carbocycles. The first-order valence-corrected chi connectivity index (χ1v) is 9.71. The zero-order valence-corrected chi connectivity index (χ0v) is 16.7. The van der Waals surface area contributed by atoms with E-state index in [1.54, 1.807) is 0 Å². The molecule has 0 spiro atoms. The third kappa shape index (κ3) is 3.84. The van der Waals surface area contributed by atoms with E-state index < -0.39 is 0 Å². The van der Waals surface area contributed by atoms with Gasteiger partial charge < -0.3 is 4.90 Å². The molecule has 0 N–H and O–H groups in total. The fourth-order valence-electron chi connectivity index (χ4n) is 3.46. The molecule has 0 aromatic heterocycles. The molecule has 0 bridgehead atoms. The van der Waals surface area contributed by atoms with Gasteiger partial charge in [0.1, 0.15) is 0 Å². The number of nitrogens with zero attached hydrogens (tertiary/aromatic N) is 1.